The molecule has 1 amide bonds. The van der Waals surface area contributed by atoms with Gasteiger partial charge in [0, 0.05) is 16.3 Å². The molecule has 0 atom stereocenters. The summed E-state index contributed by atoms with van der Waals surface area (Å²) < 4.78 is 0. The number of aryl methyl sites for hydroxylation is 2. The van der Waals surface area contributed by atoms with Crippen LogP contribution in [-0.4, -0.2) is 21.2 Å². The van der Waals surface area contributed by atoms with Gasteiger partial charge in [-0.05, 0) is 49.2 Å². The van der Waals surface area contributed by atoms with Gasteiger partial charge in [-0.2, -0.15) is 5.10 Å². The molecule has 3 rings (SSSR count). The lowest BCUT2D eigenvalue weighted by Gasteiger charge is -2.07. The number of carbonyl (C=O) groups is 1. The van der Waals surface area contributed by atoms with Gasteiger partial charge in [0.05, 0.1) is 5.69 Å². The Labute approximate surface area is 144 Å². The molecule has 3 aromatic rings. The van der Waals surface area contributed by atoms with Gasteiger partial charge in [0.15, 0.2) is 5.69 Å². The van der Waals surface area contributed by atoms with E-state index in [4.69, 9.17) is 11.6 Å². The highest BCUT2D eigenvalue weighted by Gasteiger charge is 2.13. The Morgan fingerprint density at radius 3 is 2.62 bits per heavy atom. The Balaban J connectivity index is 1.83. The summed E-state index contributed by atoms with van der Waals surface area (Å²) in [5, 5.41) is 20.0. The number of aromatic amines is 1. The van der Waals surface area contributed by atoms with Crippen molar-refractivity contribution in [3.63, 3.8) is 0 Å². The van der Waals surface area contributed by atoms with Gasteiger partial charge in [0.25, 0.3) is 5.91 Å². The molecule has 1 heterocycles. The largest absolute Gasteiger partial charge is 0.508 e. The average molecular weight is 342 g/mol. The summed E-state index contributed by atoms with van der Waals surface area (Å²) in [6.07, 6.45) is 0. The maximum absolute atomic E-state index is 12.4. The van der Waals surface area contributed by atoms with Crippen LogP contribution in [0, 0.1) is 13.8 Å². The van der Waals surface area contributed by atoms with Crippen LogP contribution in [0.4, 0.5) is 5.69 Å². The van der Waals surface area contributed by atoms with Crippen molar-refractivity contribution in [2.75, 3.05) is 5.32 Å². The van der Waals surface area contributed by atoms with E-state index in [1.807, 2.05) is 26.0 Å². The van der Waals surface area contributed by atoms with Crippen LogP contribution in [0.3, 0.4) is 0 Å². The number of benzene rings is 2. The van der Waals surface area contributed by atoms with Crippen LogP contribution in [0.1, 0.15) is 21.6 Å². The summed E-state index contributed by atoms with van der Waals surface area (Å²) in [7, 11) is 0. The Morgan fingerprint density at radius 2 is 1.88 bits per heavy atom. The number of aromatic hydroxyl groups is 1. The minimum Gasteiger partial charge on any atom is -0.508 e. The Hall–Kier alpha value is -2.79. The number of halogens is 1. The predicted octanol–water partition coefficient (Wildman–Crippen LogP) is 4.30. The smallest absolute Gasteiger partial charge is 0.276 e. The summed E-state index contributed by atoms with van der Waals surface area (Å²) in [6.45, 7) is 3.70. The maximum Gasteiger partial charge on any atom is 0.276 e. The second-order valence-electron chi connectivity index (χ2n) is 5.58. The van der Waals surface area contributed by atoms with Gasteiger partial charge in [0.1, 0.15) is 5.75 Å². The number of hydrogen-bond donors (Lipinski definition) is 3. The number of nitrogens with zero attached hydrogens (tertiary/aromatic N) is 1. The van der Waals surface area contributed by atoms with E-state index in [0.717, 1.165) is 16.7 Å². The Morgan fingerprint density at radius 1 is 1.12 bits per heavy atom. The SMILES string of the molecule is Cc1ccc(-c2cc(C(=O)Nc3cc(Cl)ccc3C)n[nH]2)cc1O. The van der Waals surface area contributed by atoms with Gasteiger partial charge in [-0.3, -0.25) is 9.89 Å². The first-order valence-corrected chi connectivity index (χ1v) is 7.75. The zero-order valence-electron chi connectivity index (χ0n) is 13.2. The van der Waals surface area contributed by atoms with Gasteiger partial charge in [-0.1, -0.05) is 29.8 Å². The number of amides is 1. The fraction of sp³-hybridized carbons (Fsp3) is 0.111. The van der Waals surface area contributed by atoms with E-state index in [-0.39, 0.29) is 17.4 Å². The lowest BCUT2D eigenvalue weighted by molar-refractivity contribution is 0.102. The molecule has 0 spiro atoms. The molecule has 0 saturated carbocycles. The minimum atomic E-state index is -0.334. The van der Waals surface area contributed by atoms with Crippen molar-refractivity contribution in [3.05, 3.63) is 64.3 Å². The molecule has 0 fully saturated rings. The van der Waals surface area contributed by atoms with E-state index in [2.05, 4.69) is 15.5 Å². The van der Waals surface area contributed by atoms with Crippen molar-refractivity contribution in [2.24, 2.45) is 0 Å². The summed E-state index contributed by atoms with van der Waals surface area (Å²) >= 11 is 5.96. The average Bonchev–Trinajstić information content (AvgIpc) is 3.03. The van der Waals surface area contributed by atoms with Gasteiger partial charge < -0.3 is 10.4 Å². The molecule has 0 bridgehead atoms. The number of aromatic nitrogens is 2. The van der Waals surface area contributed by atoms with Crippen LogP contribution in [0.2, 0.25) is 5.02 Å². The van der Waals surface area contributed by atoms with Crippen LogP contribution >= 0.6 is 11.6 Å². The lowest BCUT2D eigenvalue weighted by atomic mass is 10.1. The second kappa shape index (κ2) is 6.37. The zero-order chi connectivity index (χ0) is 17.3. The summed E-state index contributed by atoms with van der Waals surface area (Å²) in [4.78, 5) is 12.4. The molecule has 2 aromatic carbocycles. The lowest BCUT2D eigenvalue weighted by Crippen LogP contribution is -2.13. The first-order chi connectivity index (χ1) is 11.4. The maximum atomic E-state index is 12.4. The van der Waals surface area contributed by atoms with E-state index in [1.54, 1.807) is 30.3 Å². The Kier molecular flexibility index (Phi) is 4.27. The molecule has 3 N–H and O–H groups in total. The number of phenolic OH excluding ortho intramolecular Hbond substituents is 1. The van der Waals surface area contributed by atoms with Crippen LogP contribution in [0.15, 0.2) is 42.5 Å². The van der Waals surface area contributed by atoms with Crippen LogP contribution in [-0.2, 0) is 0 Å². The molecule has 6 heteroatoms. The van der Waals surface area contributed by atoms with Crippen molar-refractivity contribution in [3.8, 4) is 17.0 Å². The normalized spacial score (nSPS) is 10.6. The number of nitrogens with one attached hydrogen (secondary N) is 2. The number of anilines is 1. The topological polar surface area (TPSA) is 78.0 Å². The quantitative estimate of drug-likeness (QED) is 0.664. The van der Waals surface area contributed by atoms with E-state index < -0.39 is 0 Å². The van der Waals surface area contributed by atoms with Gasteiger partial charge >= 0.3 is 0 Å². The van der Waals surface area contributed by atoms with E-state index in [1.165, 1.54) is 0 Å². The molecule has 0 saturated heterocycles. The summed E-state index contributed by atoms with van der Waals surface area (Å²) in [6, 6.07) is 12.2. The van der Waals surface area contributed by atoms with Gasteiger partial charge in [-0.25, -0.2) is 0 Å². The number of phenols is 1. The molecule has 0 aliphatic rings. The third-order valence-electron chi connectivity index (χ3n) is 3.78. The fourth-order valence-electron chi connectivity index (χ4n) is 2.28. The second-order valence-corrected chi connectivity index (χ2v) is 6.02. The van der Waals surface area contributed by atoms with Crippen LogP contribution < -0.4 is 5.32 Å². The molecule has 0 radical (unpaired) electrons. The highest BCUT2D eigenvalue weighted by molar-refractivity contribution is 6.31. The van der Waals surface area contributed by atoms with Gasteiger partial charge in [-0.15, -0.1) is 0 Å². The molecule has 5 nitrogen and oxygen atoms in total. The molecular formula is C18H16ClN3O2. The van der Waals surface area contributed by atoms with Crippen molar-refractivity contribution < 1.29 is 9.90 Å². The van der Waals surface area contributed by atoms with Crippen molar-refractivity contribution >= 4 is 23.2 Å². The minimum absolute atomic E-state index is 0.197. The van der Waals surface area contributed by atoms with Crippen molar-refractivity contribution in [1.82, 2.24) is 10.2 Å². The third kappa shape index (κ3) is 3.26. The Bertz CT molecular complexity index is 918. The highest BCUT2D eigenvalue weighted by atomic mass is 35.5. The molecule has 0 unspecified atom stereocenters. The van der Waals surface area contributed by atoms with E-state index in [9.17, 15) is 9.90 Å². The number of H-pyrrole nitrogens is 1. The van der Waals surface area contributed by atoms with Crippen molar-refractivity contribution in [2.45, 2.75) is 13.8 Å². The number of carbonyl (C=O) groups excluding carboxylic acids is 1. The molecule has 24 heavy (non-hydrogen) atoms. The summed E-state index contributed by atoms with van der Waals surface area (Å²) in [5.74, 6) is -0.137. The summed E-state index contributed by atoms with van der Waals surface area (Å²) in [5.41, 5.74) is 4.00. The standard InChI is InChI=1S/C18H16ClN3O2/c1-10-4-6-13(19)8-14(10)20-18(24)16-9-15(21-22-16)12-5-3-11(2)17(23)7-12/h3-9,23H,1-2H3,(H,20,24)(H,21,22). The molecule has 0 aliphatic heterocycles. The highest BCUT2D eigenvalue weighted by Crippen LogP contribution is 2.25. The third-order valence-corrected chi connectivity index (χ3v) is 4.01. The molecular weight excluding hydrogens is 326 g/mol. The van der Waals surface area contributed by atoms with Gasteiger partial charge in [0.2, 0.25) is 0 Å². The first kappa shape index (κ1) is 16.1. The zero-order valence-corrected chi connectivity index (χ0v) is 14.0. The monoisotopic (exact) mass is 341 g/mol. The van der Waals surface area contributed by atoms with E-state index >= 15 is 0 Å². The van der Waals surface area contributed by atoms with Crippen LogP contribution in [0.5, 0.6) is 5.75 Å². The van der Waals surface area contributed by atoms with Crippen molar-refractivity contribution in [1.29, 1.82) is 0 Å². The number of rotatable bonds is 3. The fourth-order valence-corrected chi connectivity index (χ4v) is 2.45. The van der Waals surface area contributed by atoms with E-state index in [0.29, 0.717) is 16.4 Å². The molecule has 0 aliphatic carbocycles. The first-order valence-electron chi connectivity index (χ1n) is 7.37. The number of hydrogen-bond acceptors (Lipinski definition) is 3. The van der Waals surface area contributed by atoms with Crippen LogP contribution in [0.25, 0.3) is 11.3 Å². The molecule has 122 valence electrons. The predicted molar refractivity (Wildman–Crippen MR) is 94.6 cm³/mol. The molecule has 1 aromatic heterocycles.